The summed E-state index contributed by atoms with van der Waals surface area (Å²) in [6.45, 7) is 1.93. The van der Waals surface area contributed by atoms with Crippen molar-refractivity contribution in [2.45, 2.75) is 19.4 Å². The molecule has 0 saturated heterocycles. The highest BCUT2D eigenvalue weighted by Gasteiger charge is 2.10. The largest absolute Gasteiger partial charge is 0.456 e. The Labute approximate surface area is 133 Å². The third kappa shape index (κ3) is 4.03. The second-order valence-corrected chi connectivity index (χ2v) is 5.89. The summed E-state index contributed by atoms with van der Waals surface area (Å²) in [6.07, 6.45) is 0.668. The van der Waals surface area contributed by atoms with E-state index in [4.69, 9.17) is 45.3 Å². The molecule has 0 aliphatic heterocycles. The van der Waals surface area contributed by atoms with Crippen LogP contribution in [0.5, 0.6) is 11.5 Å². The van der Waals surface area contributed by atoms with E-state index >= 15 is 0 Å². The van der Waals surface area contributed by atoms with E-state index in [0.717, 1.165) is 5.56 Å². The van der Waals surface area contributed by atoms with Gasteiger partial charge in [-0.05, 0) is 55.3 Å². The lowest BCUT2D eigenvalue weighted by molar-refractivity contribution is 0.474. The highest BCUT2D eigenvalue weighted by atomic mass is 35.5. The van der Waals surface area contributed by atoms with Gasteiger partial charge < -0.3 is 10.5 Å². The van der Waals surface area contributed by atoms with Crippen molar-refractivity contribution in [3.8, 4) is 11.5 Å². The zero-order chi connectivity index (χ0) is 14.7. The number of rotatable bonds is 4. The fourth-order valence-electron chi connectivity index (χ4n) is 1.83. The molecule has 1 unspecified atom stereocenters. The third-order valence-corrected chi connectivity index (χ3v) is 3.44. The highest BCUT2D eigenvalue weighted by Crippen LogP contribution is 2.34. The van der Waals surface area contributed by atoms with Crippen LogP contribution < -0.4 is 10.5 Å². The minimum absolute atomic E-state index is 0.0107. The monoisotopic (exact) mass is 329 g/mol. The molecular formula is C15H14Cl3NO. The molecule has 0 aliphatic rings. The van der Waals surface area contributed by atoms with Crippen LogP contribution in [-0.4, -0.2) is 6.04 Å². The third-order valence-electron chi connectivity index (χ3n) is 2.68. The lowest BCUT2D eigenvalue weighted by Crippen LogP contribution is -2.18. The van der Waals surface area contributed by atoms with E-state index in [-0.39, 0.29) is 6.04 Å². The van der Waals surface area contributed by atoms with Gasteiger partial charge >= 0.3 is 0 Å². The predicted octanol–water partition coefficient (Wildman–Crippen LogP) is 5.33. The van der Waals surface area contributed by atoms with E-state index in [0.29, 0.717) is 33.0 Å². The topological polar surface area (TPSA) is 35.2 Å². The summed E-state index contributed by atoms with van der Waals surface area (Å²) < 4.78 is 5.85. The predicted molar refractivity (Wildman–Crippen MR) is 85.3 cm³/mol. The van der Waals surface area contributed by atoms with Crippen LogP contribution in [0.15, 0.2) is 36.4 Å². The van der Waals surface area contributed by atoms with Crippen LogP contribution in [-0.2, 0) is 6.42 Å². The van der Waals surface area contributed by atoms with E-state index in [1.165, 1.54) is 0 Å². The Morgan fingerprint density at radius 3 is 2.20 bits per heavy atom. The van der Waals surface area contributed by atoms with Crippen LogP contribution in [0.2, 0.25) is 15.1 Å². The summed E-state index contributed by atoms with van der Waals surface area (Å²) in [5, 5.41) is 1.67. The number of hydrogen-bond donors (Lipinski definition) is 1. The van der Waals surface area contributed by atoms with Gasteiger partial charge in [-0.2, -0.15) is 0 Å². The zero-order valence-electron chi connectivity index (χ0n) is 10.9. The van der Waals surface area contributed by atoms with Gasteiger partial charge in [-0.1, -0.05) is 34.8 Å². The van der Waals surface area contributed by atoms with Crippen LogP contribution >= 0.6 is 34.8 Å². The summed E-state index contributed by atoms with van der Waals surface area (Å²) in [7, 11) is 0. The van der Waals surface area contributed by atoms with E-state index in [1.807, 2.05) is 19.1 Å². The van der Waals surface area contributed by atoms with Crippen molar-refractivity contribution in [3.63, 3.8) is 0 Å². The first kappa shape index (κ1) is 15.5. The van der Waals surface area contributed by atoms with Crippen molar-refractivity contribution in [1.29, 1.82) is 0 Å². The minimum atomic E-state index is 0.0107. The van der Waals surface area contributed by atoms with Gasteiger partial charge in [-0.25, -0.2) is 0 Å². The number of hydrogen-bond acceptors (Lipinski definition) is 2. The maximum atomic E-state index is 6.11. The first-order chi connectivity index (χ1) is 9.45. The first-order valence-corrected chi connectivity index (χ1v) is 7.26. The van der Waals surface area contributed by atoms with Gasteiger partial charge in [-0.3, -0.25) is 0 Å². The van der Waals surface area contributed by atoms with Crippen molar-refractivity contribution in [2.75, 3.05) is 0 Å². The van der Waals surface area contributed by atoms with Crippen molar-refractivity contribution >= 4 is 34.8 Å². The SMILES string of the molecule is CC(N)Cc1cc(Cl)ccc1Oc1ccc(Cl)cc1Cl. The maximum absolute atomic E-state index is 6.11. The molecular weight excluding hydrogens is 317 g/mol. The Morgan fingerprint density at radius 1 is 1.00 bits per heavy atom. The van der Waals surface area contributed by atoms with E-state index in [2.05, 4.69) is 0 Å². The van der Waals surface area contributed by atoms with Crippen molar-refractivity contribution < 1.29 is 4.74 Å². The smallest absolute Gasteiger partial charge is 0.146 e. The molecule has 1 atom stereocenters. The molecule has 0 heterocycles. The van der Waals surface area contributed by atoms with Crippen molar-refractivity contribution in [2.24, 2.45) is 5.73 Å². The molecule has 2 aromatic rings. The molecule has 0 amide bonds. The highest BCUT2D eigenvalue weighted by molar-refractivity contribution is 6.35. The van der Waals surface area contributed by atoms with Gasteiger partial charge in [0.1, 0.15) is 11.5 Å². The van der Waals surface area contributed by atoms with Crippen molar-refractivity contribution in [1.82, 2.24) is 0 Å². The van der Waals surface area contributed by atoms with Gasteiger partial charge in [-0.15, -0.1) is 0 Å². The fraction of sp³-hybridized carbons (Fsp3) is 0.200. The van der Waals surface area contributed by atoms with Crippen LogP contribution in [0.3, 0.4) is 0 Å². The first-order valence-electron chi connectivity index (χ1n) is 6.12. The lowest BCUT2D eigenvalue weighted by atomic mass is 10.1. The number of ether oxygens (including phenoxy) is 1. The molecule has 20 heavy (non-hydrogen) atoms. The summed E-state index contributed by atoms with van der Waals surface area (Å²) in [5.41, 5.74) is 6.79. The average Bonchev–Trinajstić information content (AvgIpc) is 2.34. The molecule has 0 saturated carbocycles. The standard InChI is InChI=1S/C15H14Cl3NO/c1-9(19)6-10-7-11(16)2-4-14(10)20-15-5-3-12(17)8-13(15)18/h2-5,7-9H,6,19H2,1H3. The van der Waals surface area contributed by atoms with Crippen LogP contribution in [0, 0.1) is 0 Å². The molecule has 5 heteroatoms. The number of nitrogens with two attached hydrogens (primary N) is 1. The summed E-state index contributed by atoms with van der Waals surface area (Å²) in [4.78, 5) is 0. The van der Waals surface area contributed by atoms with Gasteiger partial charge in [0, 0.05) is 16.1 Å². The quantitative estimate of drug-likeness (QED) is 0.822. The molecule has 0 aromatic heterocycles. The fourth-order valence-corrected chi connectivity index (χ4v) is 2.47. The van der Waals surface area contributed by atoms with E-state index < -0.39 is 0 Å². The van der Waals surface area contributed by atoms with E-state index in [9.17, 15) is 0 Å². The summed E-state index contributed by atoms with van der Waals surface area (Å²) >= 11 is 18.0. The Hall–Kier alpha value is -0.930. The molecule has 0 fully saturated rings. The Kier molecular flexibility index (Phi) is 5.17. The Morgan fingerprint density at radius 2 is 1.60 bits per heavy atom. The van der Waals surface area contributed by atoms with Crippen LogP contribution in [0.25, 0.3) is 0 Å². The van der Waals surface area contributed by atoms with E-state index in [1.54, 1.807) is 24.3 Å². The molecule has 2 nitrogen and oxygen atoms in total. The molecule has 0 aliphatic carbocycles. The molecule has 0 bridgehead atoms. The average molecular weight is 331 g/mol. The molecule has 0 spiro atoms. The summed E-state index contributed by atoms with van der Waals surface area (Å²) in [5.74, 6) is 1.24. The molecule has 2 aromatic carbocycles. The molecule has 106 valence electrons. The van der Waals surface area contributed by atoms with Crippen LogP contribution in [0.1, 0.15) is 12.5 Å². The van der Waals surface area contributed by atoms with Crippen LogP contribution in [0.4, 0.5) is 0 Å². The zero-order valence-corrected chi connectivity index (χ0v) is 13.1. The number of benzene rings is 2. The lowest BCUT2D eigenvalue weighted by Gasteiger charge is -2.14. The Balaban J connectivity index is 2.32. The minimum Gasteiger partial charge on any atom is -0.456 e. The van der Waals surface area contributed by atoms with Gasteiger partial charge in [0.05, 0.1) is 5.02 Å². The van der Waals surface area contributed by atoms with Gasteiger partial charge in [0.25, 0.3) is 0 Å². The summed E-state index contributed by atoms with van der Waals surface area (Å²) in [6, 6.07) is 10.5. The molecule has 2 N–H and O–H groups in total. The molecule has 0 radical (unpaired) electrons. The van der Waals surface area contributed by atoms with Crippen molar-refractivity contribution in [3.05, 3.63) is 57.0 Å². The second-order valence-electron chi connectivity index (χ2n) is 4.61. The maximum Gasteiger partial charge on any atom is 0.146 e. The van der Waals surface area contributed by atoms with Gasteiger partial charge in [0.2, 0.25) is 0 Å². The normalized spacial score (nSPS) is 12.2. The molecule has 2 rings (SSSR count). The Bertz CT molecular complexity index is 614. The van der Waals surface area contributed by atoms with Gasteiger partial charge in [0.15, 0.2) is 0 Å². The second kappa shape index (κ2) is 6.68. The number of halogens is 3.